The predicted molar refractivity (Wildman–Crippen MR) is 77.4 cm³/mol. The summed E-state index contributed by atoms with van der Waals surface area (Å²) in [4.78, 5) is 38.2. The van der Waals surface area contributed by atoms with Gasteiger partial charge in [-0.25, -0.2) is 15.1 Å². The van der Waals surface area contributed by atoms with Crippen molar-refractivity contribution in [3.8, 4) is 0 Å². The zero-order valence-corrected chi connectivity index (χ0v) is 12.4. The Hall–Kier alpha value is -2.67. The summed E-state index contributed by atoms with van der Waals surface area (Å²) in [6, 6.07) is 7.02. The fraction of sp³-hybridized carbons (Fsp3) is 0.267. The molecule has 0 spiro atoms. The van der Waals surface area contributed by atoms with Crippen molar-refractivity contribution in [2.75, 3.05) is 12.0 Å². The number of methoxy groups -OCH3 is 1. The lowest BCUT2D eigenvalue weighted by Gasteiger charge is -2.20. The SMILES string of the molecule is COC(=O)C1=C2C(=O)N(c3ccc(C)cc3)C(=O)C2(C)NN1. The summed E-state index contributed by atoms with van der Waals surface area (Å²) in [7, 11) is 1.21. The number of rotatable bonds is 2. The molecule has 0 aliphatic carbocycles. The first-order chi connectivity index (χ1) is 10.4. The second-order valence-corrected chi connectivity index (χ2v) is 5.40. The van der Waals surface area contributed by atoms with Crippen molar-refractivity contribution in [2.45, 2.75) is 19.4 Å². The average Bonchev–Trinajstić information content (AvgIpc) is 2.95. The van der Waals surface area contributed by atoms with E-state index in [2.05, 4.69) is 15.6 Å². The van der Waals surface area contributed by atoms with Gasteiger partial charge in [0.2, 0.25) is 0 Å². The number of nitrogens with zero attached hydrogens (tertiary/aromatic N) is 1. The zero-order valence-electron chi connectivity index (χ0n) is 12.4. The molecule has 1 aromatic rings. The summed E-state index contributed by atoms with van der Waals surface area (Å²) in [6.45, 7) is 3.47. The number of benzene rings is 1. The Bertz CT molecular complexity index is 723. The van der Waals surface area contributed by atoms with Gasteiger partial charge < -0.3 is 10.2 Å². The van der Waals surface area contributed by atoms with Crippen LogP contribution in [0.2, 0.25) is 0 Å². The first-order valence-corrected chi connectivity index (χ1v) is 6.72. The average molecular weight is 301 g/mol. The molecule has 2 aliphatic heterocycles. The number of hydrogen-bond donors (Lipinski definition) is 2. The molecular formula is C15H15N3O4. The first kappa shape index (κ1) is 14.3. The van der Waals surface area contributed by atoms with Gasteiger partial charge in [0.25, 0.3) is 11.8 Å². The zero-order chi connectivity index (χ0) is 16.1. The quantitative estimate of drug-likeness (QED) is 0.598. The highest BCUT2D eigenvalue weighted by molar-refractivity contribution is 6.34. The van der Waals surface area contributed by atoms with Gasteiger partial charge in [0.1, 0.15) is 11.2 Å². The highest BCUT2D eigenvalue weighted by atomic mass is 16.5. The van der Waals surface area contributed by atoms with Crippen LogP contribution < -0.4 is 15.8 Å². The van der Waals surface area contributed by atoms with Gasteiger partial charge >= 0.3 is 5.97 Å². The highest BCUT2D eigenvalue weighted by Gasteiger charge is 2.58. The van der Waals surface area contributed by atoms with E-state index < -0.39 is 23.3 Å². The second kappa shape index (κ2) is 4.67. The number of anilines is 1. The summed E-state index contributed by atoms with van der Waals surface area (Å²) in [6.07, 6.45) is 0. The van der Waals surface area contributed by atoms with E-state index in [9.17, 15) is 14.4 Å². The van der Waals surface area contributed by atoms with Crippen molar-refractivity contribution in [2.24, 2.45) is 0 Å². The van der Waals surface area contributed by atoms with E-state index in [1.54, 1.807) is 19.1 Å². The summed E-state index contributed by atoms with van der Waals surface area (Å²) in [5.74, 6) is -1.67. The van der Waals surface area contributed by atoms with E-state index in [0.717, 1.165) is 10.5 Å². The van der Waals surface area contributed by atoms with Gasteiger partial charge in [0, 0.05) is 0 Å². The van der Waals surface area contributed by atoms with Crippen LogP contribution in [0.4, 0.5) is 5.69 Å². The maximum Gasteiger partial charge on any atom is 0.356 e. The molecule has 1 aromatic carbocycles. The Morgan fingerprint density at radius 1 is 1.23 bits per heavy atom. The van der Waals surface area contributed by atoms with Crippen LogP contribution in [0, 0.1) is 6.92 Å². The summed E-state index contributed by atoms with van der Waals surface area (Å²) in [5, 5.41) is 0. The third kappa shape index (κ3) is 1.75. The van der Waals surface area contributed by atoms with E-state index in [1.807, 2.05) is 19.1 Å². The summed E-state index contributed by atoms with van der Waals surface area (Å²) in [5.41, 5.74) is 5.54. The number of carbonyl (C=O) groups is 3. The lowest BCUT2D eigenvalue weighted by Crippen LogP contribution is -2.51. The number of hydrazine groups is 1. The Labute approximate surface area is 126 Å². The normalized spacial score (nSPS) is 23.7. The Balaban J connectivity index is 2.11. The summed E-state index contributed by atoms with van der Waals surface area (Å²) >= 11 is 0. The molecule has 3 rings (SSSR count). The van der Waals surface area contributed by atoms with Gasteiger partial charge in [-0.05, 0) is 26.0 Å². The number of esters is 1. The topological polar surface area (TPSA) is 87.7 Å². The molecule has 7 nitrogen and oxygen atoms in total. The fourth-order valence-electron chi connectivity index (χ4n) is 2.65. The molecule has 114 valence electrons. The maximum absolute atomic E-state index is 12.7. The number of amides is 2. The fourth-order valence-corrected chi connectivity index (χ4v) is 2.65. The third-order valence-corrected chi connectivity index (χ3v) is 3.92. The Morgan fingerprint density at radius 2 is 1.86 bits per heavy atom. The Kier molecular flexibility index (Phi) is 3.03. The van der Waals surface area contributed by atoms with Crippen molar-refractivity contribution in [3.05, 3.63) is 41.1 Å². The second-order valence-electron chi connectivity index (χ2n) is 5.40. The smallest absolute Gasteiger partial charge is 0.356 e. The lowest BCUT2D eigenvalue weighted by atomic mass is 9.95. The van der Waals surface area contributed by atoms with Crippen LogP contribution in [0.3, 0.4) is 0 Å². The lowest BCUT2D eigenvalue weighted by molar-refractivity contribution is -0.137. The standard InChI is InChI=1S/C15H15N3O4/c1-8-4-6-9(7-5-8)18-12(19)10-11(13(20)22-3)16-17-15(10,2)14(18)21/h4-7,16-17H,1-3H3. The van der Waals surface area contributed by atoms with Gasteiger partial charge in [0.05, 0.1) is 18.4 Å². The van der Waals surface area contributed by atoms with E-state index in [4.69, 9.17) is 0 Å². The van der Waals surface area contributed by atoms with Gasteiger partial charge in [-0.15, -0.1) is 0 Å². The highest BCUT2D eigenvalue weighted by Crippen LogP contribution is 2.37. The van der Waals surface area contributed by atoms with Crippen molar-refractivity contribution < 1.29 is 19.1 Å². The van der Waals surface area contributed by atoms with Crippen molar-refractivity contribution in [1.82, 2.24) is 10.9 Å². The minimum absolute atomic E-state index is 0.0297. The molecular weight excluding hydrogens is 286 g/mol. The third-order valence-electron chi connectivity index (χ3n) is 3.92. The Morgan fingerprint density at radius 3 is 2.45 bits per heavy atom. The van der Waals surface area contributed by atoms with Crippen molar-refractivity contribution >= 4 is 23.5 Å². The van der Waals surface area contributed by atoms with E-state index in [0.29, 0.717) is 5.69 Å². The van der Waals surface area contributed by atoms with E-state index in [-0.39, 0.29) is 11.3 Å². The number of imide groups is 1. The molecule has 0 aromatic heterocycles. The number of ether oxygens (including phenoxy) is 1. The molecule has 2 amide bonds. The van der Waals surface area contributed by atoms with Crippen LogP contribution in [0.15, 0.2) is 35.5 Å². The molecule has 2 heterocycles. The van der Waals surface area contributed by atoms with Crippen molar-refractivity contribution in [3.63, 3.8) is 0 Å². The van der Waals surface area contributed by atoms with Crippen LogP contribution in [-0.2, 0) is 19.1 Å². The van der Waals surface area contributed by atoms with Gasteiger partial charge in [-0.2, -0.15) is 0 Å². The van der Waals surface area contributed by atoms with Gasteiger partial charge in [0.15, 0.2) is 0 Å². The monoisotopic (exact) mass is 301 g/mol. The first-order valence-electron chi connectivity index (χ1n) is 6.72. The van der Waals surface area contributed by atoms with Crippen LogP contribution >= 0.6 is 0 Å². The molecule has 22 heavy (non-hydrogen) atoms. The molecule has 1 saturated heterocycles. The number of fused-ring (bicyclic) bond motifs is 1. The van der Waals surface area contributed by atoms with Crippen LogP contribution in [0.5, 0.6) is 0 Å². The molecule has 0 bridgehead atoms. The number of aryl methyl sites for hydroxylation is 1. The molecule has 0 saturated carbocycles. The summed E-state index contributed by atoms with van der Waals surface area (Å²) < 4.78 is 4.65. The predicted octanol–water partition coefficient (Wildman–Crippen LogP) is 0.162. The van der Waals surface area contributed by atoms with Crippen LogP contribution in [0.25, 0.3) is 0 Å². The minimum atomic E-state index is -1.29. The van der Waals surface area contributed by atoms with E-state index in [1.165, 1.54) is 7.11 Å². The number of hydrogen-bond acceptors (Lipinski definition) is 6. The maximum atomic E-state index is 12.7. The minimum Gasteiger partial charge on any atom is -0.464 e. The molecule has 7 heteroatoms. The molecule has 0 radical (unpaired) electrons. The van der Waals surface area contributed by atoms with Gasteiger partial charge in [-0.3, -0.25) is 9.59 Å². The van der Waals surface area contributed by atoms with Crippen LogP contribution in [-0.4, -0.2) is 30.4 Å². The van der Waals surface area contributed by atoms with Gasteiger partial charge in [-0.1, -0.05) is 17.7 Å². The largest absolute Gasteiger partial charge is 0.464 e. The molecule has 1 unspecified atom stereocenters. The number of nitrogens with one attached hydrogen (secondary N) is 2. The molecule has 2 N–H and O–H groups in total. The van der Waals surface area contributed by atoms with Crippen molar-refractivity contribution in [1.29, 1.82) is 0 Å². The molecule has 1 fully saturated rings. The van der Waals surface area contributed by atoms with Crippen LogP contribution in [0.1, 0.15) is 12.5 Å². The number of carbonyl (C=O) groups excluding carboxylic acids is 3. The molecule has 1 atom stereocenters. The van der Waals surface area contributed by atoms with E-state index >= 15 is 0 Å². The molecule has 2 aliphatic rings.